The molecule has 0 atom stereocenters. The number of allylic oxidation sites excluding steroid dienone is 2. The number of aromatic nitrogens is 1. The van der Waals surface area contributed by atoms with Gasteiger partial charge in [-0.1, -0.05) is 0 Å². The van der Waals surface area contributed by atoms with Crippen molar-refractivity contribution in [1.29, 1.82) is 0 Å². The Morgan fingerprint density at radius 1 is 1.57 bits per heavy atom. The molecule has 0 saturated carbocycles. The number of carbonyl (C=O) groups is 1. The largest absolute Gasteiger partial charge is 0.395 e. The predicted octanol–water partition coefficient (Wildman–Crippen LogP) is 1.82. The highest BCUT2D eigenvalue weighted by Crippen LogP contribution is 2.15. The van der Waals surface area contributed by atoms with Crippen LogP contribution in [0.1, 0.15) is 17.3 Å². The number of nitrogens with two attached hydrogens (primary N) is 1. The Morgan fingerprint density at radius 2 is 2.29 bits per heavy atom. The molecule has 0 radical (unpaired) electrons. The highest BCUT2D eigenvalue weighted by Gasteiger charge is 2.10. The smallest absolute Gasteiger partial charge is 0.210 e. The number of ketones is 1. The van der Waals surface area contributed by atoms with E-state index in [0.717, 1.165) is 4.91 Å². The molecule has 4 heteroatoms. The Bertz CT molecular complexity index is 360. The van der Waals surface area contributed by atoms with Gasteiger partial charge in [-0.3, -0.25) is 9.78 Å². The Balaban J connectivity index is 2.98. The van der Waals surface area contributed by atoms with Gasteiger partial charge in [0, 0.05) is 22.9 Å². The first-order valence-electron chi connectivity index (χ1n) is 4.12. The monoisotopic (exact) mass is 208 g/mol. The standard InChI is InChI=1S/C10H12N2OS/c1-7(14-2)9(11)10(13)8-4-3-5-12-6-8/h3-6H,11H2,1-2H3. The van der Waals surface area contributed by atoms with Gasteiger partial charge in [0.2, 0.25) is 5.78 Å². The summed E-state index contributed by atoms with van der Waals surface area (Å²) >= 11 is 1.47. The van der Waals surface area contributed by atoms with E-state index < -0.39 is 0 Å². The number of Topliss-reactive ketones (excluding diaryl/α,β-unsaturated/α-hetero) is 1. The SMILES string of the molecule is CSC(C)=C(N)C(=O)c1cccnc1. The molecule has 0 unspecified atom stereocenters. The molecule has 14 heavy (non-hydrogen) atoms. The fourth-order valence-corrected chi connectivity index (χ4v) is 1.24. The average Bonchev–Trinajstić information content (AvgIpc) is 2.27. The third-order valence-corrected chi connectivity index (χ3v) is 2.69. The van der Waals surface area contributed by atoms with Gasteiger partial charge in [-0.25, -0.2) is 0 Å². The lowest BCUT2D eigenvalue weighted by Crippen LogP contribution is -2.13. The van der Waals surface area contributed by atoms with Crippen LogP contribution in [0.4, 0.5) is 0 Å². The summed E-state index contributed by atoms with van der Waals surface area (Å²) in [6, 6.07) is 3.42. The van der Waals surface area contributed by atoms with E-state index >= 15 is 0 Å². The van der Waals surface area contributed by atoms with Crippen molar-refractivity contribution in [3.63, 3.8) is 0 Å². The van der Waals surface area contributed by atoms with Gasteiger partial charge in [-0.05, 0) is 25.3 Å². The number of hydrogen-bond donors (Lipinski definition) is 1. The summed E-state index contributed by atoms with van der Waals surface area (Å²) in [6.45, 7) is 1.83. The van der Waals surface area contributed by atoms with Crippen molar-refractivity contribution in [2.75, 3.05) is 6.26 Å². The molecule has 74 valence electrons. The normalized spacial score (nSPS) is 12.1. The molecule has 0 bridgehead atoms. The summed E-state index contributed by atoms with van der Waals surface area (Å²) in [4.78, 5) is 16.4. The Hall–Kier alpha value is -1.29. The van der Waals surface area contributed by atoms with Crippen LogP contribution in [0, 0.1) is 0 Å². The second-order valence-electron chi connectivity index (χ2n) is 2.74. The molecule has 1 aromatic heterocycles. The van der Waals surface area contributed by atoms with Crippen molar-refractivity contribution in [2.45, 2.75) is 6.92 Å². The Labute approximate surface area is 87.4 Å². The molecule has 0 fully saturated rings. The van der Waals surface area contributed by atoms with E-state index in [1.54, 1.807) is 18.3 Å². The van der Waals surface area contributed by atoms with E-state index in [-0.39, 0.29) is 5.78 Å². The van der Waals surface area contributed by atoms with Gasteiger partial charge in [-0.2, -0.15) is 0 Å². The molecule has 3 nitrogen and oxygen atoms in total. The first-order valence-corrected chi connectivity index (χ1v) is 5.34. The van der Waals surface area contributed by atoms with Crippen LogP contribution < -0.4 is 5.73 Å². The number of hydrogen-bond acceptors (Lipinski definition) is 4. The minimum atomic E-state index is -0.162. The third kappa shape index (κ3) is 2.35. The molecule has 0 aliphatic carbocycles. The first-order chi connectivity index (χ1) is 6.66. The number of rotatable bonds is 3. The van der Waals surface area contributed by atoms with E-state index in [4.69, 9.17) is 5.73 Å². The maximum atomic E-state index is 11.7. The summed E-state index contributed by atoms with van der Waals surface area (Å²) in [5.41, 5.74) is 6.51. The molecule has 0 amide bonds. The highest BCUT2D eigenvalue weighted by molar-refractivity contribution is 8.02. The minimum Gasteiger partial charge on any atom is -0.395 e. The lowest BCUT2D eigenvalue weighted by atomic mass is 10.1. The molecule has 0 aliphatic heterocycles. The second-order valence-corrected chi connectivity index (χ2v) is 3.77. The van der Waals surface area contributed by atoms with Gasteiger partial charge in [0.15, 0.2) is 0 Å². The van der Waals surface area contributed by atoms with E-state index in [2.05, 4.69) is 4.98 Å². The van der Waals surface area contributed by atoms with Gasteiger partial charge in [0.1, 0.15) is 0 Å². The zero-order valence-electron chi connectivity index (χ0n) is 8.15. The Kier molecular flexibility index (Phi) is 3.71. The van der Waals surface area contributed by atoms with Crippen LogP contribution in [-0.4, -0.2) is 17.0 Å². The maximum absolute atomic E-state index is 11.7. The van der Waals surface area contributed by atoms with E-state index in [1.165, 1.54) is 18.0 Å². The van der Waals surface area contributed by atoms with Gasteiger partial charge < -0.3 is 5.73 Å². The topological polar surface area (TPSA) is 56.0 Å². The summed E-state index contributed by atoms with van der Waals surface area (Å²) in [5.74, 6) is -0.162. The lowest BCUT2D eigenvalue weighted by Gasteiger charge is -2.03. The summed E-state index contributed by atoms with van der Waals surface area (Å²) < 4.78 is 0. The summed E-state index contributed by atoms with van der Waals surface area (Å²) in [5, 5.41) is 0. The predicted molar refractivity (Wildman–Crippen MR) is 59.0 cm³/mol. The van der Waals surface area contributed by atoms with Crippen LogP contribution >= 0.6 is 11.8 Å². The average molecular weight is 208 g/mol. The fraction of sp³-hybridized carbons (Fsp3) is 0.200. The molecule has 1 rings (SSSR count). The van der Waals surface area contributed by atoms with Gasteiger partial charge in [0.25, 0.3) is 0 Å². The van der Waals surface area contributed by atoms with Crippen LogP contribution in [0.25, 0.3) is 0 Å². The minimum absolute atomic E-state index is 0.162. The Morgan fingerprint density at radius 3 is 2.79 bits per heavy atom. The molecule has 1 heterocycles. The summed E-state index contributed by atoms with van der Waals surface area (Å²) in [6.07, 6.45) is 5.03. The molecule has 2 N–H and O–H groups in total. The van der Waals surface area contributed by atoms with Crippen molar-refractivity contribution in [2.24, 2.45) is 5.73 Å². The number of carbonyl (C=O) groups excluding carboxylic acids is 1. The van der Waals surface area contributed by atoms with Crippen molar-refractivity contribution < 1.29 is 4.79 Å². The van der Waals surface area contributed by atoms with Gasteiger partial charge in [-0.15, -0.1) is 11.8 Å². The number of thioether (sulfide) groups is 1. The zero-order valence-corrected chi connectivity index (χ0v) is 8.97. The molecule has 0 spiro atoms. The first kappa shape index (κ1) is 10.8. The molecule has 0 aromatic carbocycles. The van der Waals surface area contributed by atoms with E-state index in [0.29, 0.717) is 11.3 Å². The molecule has 1 aromatic rings. The van der Waals surface area contributed by atoms with Crippen LogP contribution in [0.15, 0.2) is 35.1 Å². The molecule has 0 aliphatic rings. The quantitative estimate of drug-likeness (QED) is 0.608. The van der Waals surface area contributed by atoms with E-state index in [1.807, 2.05) is 13.2 Å². The van der Waals surface area contributed by atoms with Crippen LogP contribution in [0.5, 0.6) is 0 Å². The maximum Gasteiger partial charge on any atom is 0.210 e. The van der Waals surface area contributed by atoms with Gasteiger partial charge >= 0.3 is 0 Å². The van der Waals surface area contributed by atoms with Crippen molar-refractivity contribution >= 4 is 17.5 Å². The van der Waals surface area contributed by atoms with Crippen LogP contribution in [-0.2, 0) is 0 Å². The lowest BCUT2D eigenvalue weighted by molar-refractivity contribution is 0.103. The molecular weight excluding hydrogens is 196 g/mol. The summed E-state index contributed by atoms with van der Waals surface area (Å²) in [7, 11) is 0. The molecular formula is C10H12N2OS. The van der Waals surface area contributed by atoms with E-state index in [9.17, 15) is 4.79 Å². The number of pyridine rings is 1. The highest BCUT2D eigenvalue weighted by atomic mass is 32.2. The van der Waals surface area contributed by atoms with Crippen LogP contribution in [0.3, 0.4) is 0 Å². The second kappa shape index (κ2) is 4.81. The number of nitrogens with zero attached hydrogens (tertiary/aromatic N) is 1. The van der Waals surface area contributed by atoms with Gasteiger partial charge in [0.05, 0.1) is 5.70 Å². The van der Waals surface area contributed by atoms with Crippen molar-refractivity contribution in [3.05, 3.63) is 40.7 Å². The van der Waals surface area contributed by atoms with Crippen LogP contribution in [0.2, 0.25) is 0 Å². The zero-order chi connectivity index (χ0) is 10.6. The fourth-order valence-electron chi connectivity index (χ4n) is 0.922. The third-order valence-electron chi connectivity index (χ3n) is 1.85. The van der Waals surface area contributed by atoms with Crippen molar-refractivity contribution in [1.82, 2.24) is 4.98 Å². The van der Waals surface area contributed by atoms with Crippen molar-refractivity contribution in [3.8, 4) is 0 Å². The molecule has 0 saturated heterocycles.